The maximum absolute atomic E-state index is 12.6. The van der Waals surface area contributed by atoms with Crippen molar-refractivity contribution in [3.8, 4) is 5.75 Å². The Morgan fingerprint density at radius 2 is 1.71 bits per heavy atom. The number of phenolic OH excluding ortho intramolecular Hbond substituents is 1. The van der Waals surface area contributed by atoms with Crippen LogP contribution >= 0.6 is 38.5 Å². The van der Waals surface area contributed by atoms with Crippen LogP contribution in [-0.4, -0.2) is 23.1 Å². The molecule has 0 saturated heterocycles. The van der Waals surface area contributed by atoms with E-state index >= 15 is 0 Å². The summed E-state index contributed by atoms with van der Waals surface area (Å²) in [5.74, 6) is -0.555. The van der Waals surface area contributed by atoms with Crippen molar-refractivity contribution < 1.29 is 14.7 Å². The zero-order chi connectivity index (χ0) is 22.2. The summed E-state index contributed by atoms with van der Waals surface area (Å²) in [6.45, 7) is 0. The van der Waals surface area contributed by atoms with Crippen molar-refractivity contribution in [2.75, 3.05) is 0 Å². The lowest BCUT2D eigenvalue weighted by Crippen LogP contribution is -2.32. The summed E-state index contributed by atoms with van der Waals surface area (Å²) in [5, 5.41) is 17.0. The fraction of sp³-hybridized carbons (Fsp3) is 0.0870. The Labute approximate surface area is 202 Å². The number of nitrogens with zero attached hydrogens (tertiary/aromatic N) is 1. The standard InChI is InChI=1S/C23H19BrIN3O3/c24-18-11-17(22(30)19(25)12-18)14-26-28-21(29)13-20(15-7-3-1-4-8-15)27-23(31)16-9-5-2-6-10-16/h1-12,14,20,30H,13H2,(H,27,31)(H,28,29)/b26-14-/t20-/m0/s1. The van der Waals surface area contributed by atoms with Crippen LogP contribution in [0.5, 0.6) is 5.75 Å². The van der Waals surface area contributed by atoms with Gasteiger partial charge in [0.1, 0.15) is 5.75 Å². The highest BCUT2D eigenvalue weighted by molar-refractivity contribution is 14.1. The second kappa shape index (κ2) is 11.1. The van der Waals surface area contributed by atoms with Crippen molar-refractivity contribution in [1.82, 2.24) is 10.7 Å². The normalized spacial score (nSPS) is 11.8. The highest BCUT2D eigenvalue weighted by Gasteiger charge is 2.19. The fourth-order valence-corrected chi connectivity index (χ4v) is 4.41. The number of hydrogen-bond donors (Lipinski definition) is 3. The number of nitrogens with one attached hydrogen (secondary N) is 2. The van der Waals surface area contributed by atoms with Gasteiger partial charge in [0.2, 0.25) is 5.91 Å². The van der Waals surface area contributed by atoms with E-state index in [9.17, 15) is 14.7 Å². The average Bonchev–Trinajstić information content (AvgIpc) is 2.77. The van der Waals surface area contributed by atoms with Crippen molar-refractivity contribution in [1.29, 1.82) is 0 Å². The SMILES string of the molecule is O=C(C[C@H](NC(=O)c1ccccc1)c1ccccc1)N/N=C\c1cc(Br)cc(I)c1O. The lowest BCUT2D eigenvalue weighted by Gasteiger charge is -2.18. The van der Waals surface area contributed by atoms with Crippen molar-refractivity contribution in [2.24, 2.45) is 5.10 Å². The van der Waals surface area contributed by atoms with Gasteiger partial charge in [-0.25, -0.2) is 5.43 Å². The van der Waals surface area contributed by atoms with E-state index in [-0.39, 0.29) is 24.0 Å². The molecule has 0 heterocycles. The number of carbonyl (C=O) groups is 2. The minimum absolute atomic E-state index is 0.00191. The van der Waals surface area contributed by atoms with Crippen LogP contribution in [0.4, 0.5) is 0 Å². The van der Waals surface area contributed by atoms with Gasteiger partial charge in [-0.05, 0) is 52.4 Å². The fourth-order valence-electron chi connectivity index (χ4n) is 2.86. The first kappa shape index (κ1) is 23.0. The van der Waals surface area contributed by atoms with Gasteiger partial charge in [-0.1, -0.05) is 64.5 Å². The second-order valence-electron chi connectivity index (χ2n) is 6.63. The van der Waals surface area contributed by atoms with Gasteiger partial charge in [-0.3, -0.25) is 9.59 Å². The Bertz CT molecular complexity index is 1090. The first-order valence-electron chi connectivity index (χ1n) is 9.35. The molecule has 2 amide bonds. The highest BCUT2D eigenvalue weighted by Crippen LogP contribution is 2.27. The zero-order valence-electron chi connectivity index (χ0n) is 16.3. The molecule has 8 heteroatoms. The molecule has 3 aromatic rings. The molecule has 0 fully saturated rings. The molecule has 6 nitrogen and oxygen atoms in total. The van der Waals surface area contributed by atoms with Crippen LogP contribution < -0.4 is 10.7 Å². The summed E-state index contributed by atoms with van der Waals surface area (Å²) in [5.41, 5.74) is 4.26. The minimum Gasteiger partial charge on any atom is -0.506 e. The third-order valence-corrected chi connectivity index (χ3v) is 5.66. The summed E-state index contributed by atoms with van der Waals surface area (Å²) >= 11 is 5.37. The van der Waals surface area contributed by atoms with Gasteiger partial charge in [0.15, 0.2) is 0 Å². The van der Waals surface area contributed by atoms with E-state index in [0.29, 0.717) is 14.7 Å². The van der Waals surface area contributed by atoms with Gasteiger partial charge in [0, 0.05) is 15.6 Å². The molecule has 0 unspecified atom stereocenters. The molecule has 0 aliphatic rings. The molecule has 0 aliphatic heterocycles. The molecule has 3 rings (SSSR count). The zero-order valence-corrected chi connectivity index (χ0v) is 20.0. The molecular formula is C23H19BrIN3O3. The molecule has 31 heavy (non-hydrogen) atoms. The van der Waals surface area contributed by atoms with E-state index in [4.69, 9.17) is 0 Å². The summed E-state index contributed by atoms with van der Waals surface area (Å²) < 4.78 is 1.45. The Kier molecular flexibility index (Phi) is 8.19. The van der Waals surface area contributed by atoms with E-state index in [0.717, 1.165) is 10.0 Å². The van der Waals surface area contributed by atoms with Gasteiger partial charge in [0.05, 0.1) is 22.2 Å². The summed E-state index contributed by atoms with van der Waals surface area (Å²) in [7, 11) is 0. The summed E-state index contributed by atoms with van der Waals surface area (Å²) in [6, 6.07) is 21.1. The largest absolute Gasteiger partial charge is 0.506 e. The van der Waals surface area contributed by atoms with Gasteiger partial charge in [-0.15, -0.1) is 0 Å². The predicted molar refractivity (Wildman–Crippen MR) is 132 cm³/mol. The van der Waals surface area contributed by atoms with Gasteiger partial charge < -0.3 is 10.4 Å². The lowest BCUT2D eigenvalue weighted by molar-refractivity contribution is -0.121. The Balaban J connectivity index is 1.69. The third-order valence-electron chi connectivity index (χ3n) is 4.38. The number of carbonyl (C=O) groups excluding carboxylic acids is 2. The van der Waals surface area contributed by atoms with E-state index in [1.807, 2.05) is 59.0 Å². The van der Waals surface area contributed by atoms with Gasteiger partial charge >= 0.3 is 0 Å². The minimum atomic E-state index is -0.524. The molecule has 0 spiro atoms. The number of hydrazone groups is 1. The van der Waals surface area contributed by atoms with Crippen LogP contribution in [-0.2, 0) is 4.79 Å². The topological polar surface area (TPSA) is 90.8 Å². The number of benzene rings is 3. The molecule has 0 radical (unpaired) electrons. The number of aromatic hydroxyl groups is 1. The van der Waals surface area contributed by atoms with Crippen LogP contribution in [0, 0.1) is 3.57 Å². The lowest BCUT2D eigenvalue weighted by atomic mass is 10.0. The molecule has 3 N–H and O–H groups in total. The van der Waals surface area contributed by atoms with Crippen LogP contribution in [0.25, 0.3) is 0 Å². The number of rotatable bonds is 7. The molecule has 0 saturated carbocycles. The average molecular weight is 592 g/mol. The quantitative estimate of drug-likeness (QED) is 0.210. The number of amides is 2. The third kappa shape index (κ3) is 6.63. The molecule has 0 aliphatic carbocycles. The molecule has 0 bridgehead atoms. The molecule has 3 aromatic carbocycles. The first-order chi connectivity index (χ1) is 14.9. The molecule has 158 valence electrons. The van der Waals surface area contributed by atoms with E-state index in [2.05, 4.69) is 31.8 Å². The van der Waals surface area contributed by atoms with Gasteiger partial charge in [0.25, 0.3) is 5.91 Å². The molecular weight excluding hydrogens is 573 g/mol. The van der Waals surface area contributed by atoms with Crippen molar-refractivity contribution in [3.05, 3.63) is 97.5 Å². The van der Waals surface area contributed by atoms with Crippen LogP contribution in [0.3, 0.4) is 0 Å². The highest BCUT2D eigenvalue weighted by atomic mass is 127. The summed E-state index contributed by atoms with van der Waals surface area (Å²) in [4.78, 5) is 25.1. The van der Waals surface area contributed by atoms with E-state index in [1.54, 1.807) is 36.4 Å². The maximum Gasteiger partial charge on any atom is 0.251 e. The number of halogens is 2. The molecule has 0 aromatic heterocycles. The van der Waals surface area contributed by atoms with Crippen LogP contribution in [0.15, 0.2) is 82.4 Å². The molecule has 1 atom stereocenters. The van der Waals surface area contributed by atoms with Crippen LogP contribution in [0.1, 0.15) is 33.9 Å². The van der Waals surface area contributed by atoms with Crippen molar-refractivity contribution in [2.45, 2.75) is 12.5 Å². The van der Waals surface area contributed by atoms with Gasteiger partial charge in [-0.2, -0.15) is 5.10 Å². The Morgan fingerprint density at radius 3 is 2.39 bits per heavy atom. The van der Waals surface area contributed by atoms with E-state index in [1.165, 1.54) is 6.21 Å². The Morgan fingerprint density at radius 1 is 1.06 bits per heavy atom. The van der Waals surface area contributed by atoms with Crippen molar-refractivity contribution >= 4 is 56.5 Å². The predicted octanol–water partition coefficient (Wildman–Crippen LogP) is 4.77. The number of phenols is 1. The monoisotopic (exact) mass is 591 g/mol. The second-order valence-corrected chi connectivity index (χ2v) is 8.70. The smallest absolute Gasteiger partial charge is 0.251 e. The maximum atomic E-state index is 12.6. The summed E-state index contributed by atoms with van der Waals surface area (Å²) in [6.07, 6.45) is 1.38. The first-order valence-corrected chi connectivity index (χ1v) is 11.2. The van der Waals surface area contributed by atoms with Crippen molar-refractivity contribution in [3.63, 3.8) is 0 Å². The Hall–Kier alpha value is -2.72. The van der Waals surface area contributed by atoms with Crippen LogP contribution in [0.2, 0.25) is 0 Å². The van der Waals surface area contributed by atoms with E-state index < -0.39 is 6.04 Å². The number of hydrogen-bond acceptors (Lipinski definition) is 4.